The van der Waals surface area contributed by atoms with E-state index in [1.165, 1.54) is 11.1 Å². The van der Waals surface area contributed by atoms with E-state index in [2.05, 4.69) is 22.3 Å². The SMILES string of the molecule is COc1ccc(CCNC(=O)C2Cc3ccccc3CN2Cc2cc(Cl)ccc2O)cc1OC. The highest BCUT2D eigenvalue weighted by atomic mass is 35.5. The minimum atomic E-state index is -0.348. The van der Waals surface area contributed by atoms with Gasteiger partial charge in [0, 0.05) is 30.2 Å². The number of benzene rings is 3. The van der Waals surface area contributed by atoms with Crippen molar-refractivity contribution in [1.29, 1.82) is 0 Å². The number of halogens is 1. The van der Waals surface area contributed by atoms with E-state index in [1.807, 2.05) is 30.3 Å². The predicted octanol–water partition coefficient (Wildman–Crippen LogP) is 4.35. The number of ether oxygens (including phenoxy) is 2. The van der Waals surface area contributed by atoms with Gasteiger partial charge in [0.15, 0.2) is 11.5 Å². The van der Waals surface area contributed by atoms with Crippen LogP contribution in [0.4, 0.5) is 0 Å². The van der Waals surface area contributed by atoms with E-state index in [-0.39, 0.29) is 17.7 Å². The molecule has 7 heteroatoms. The first-order valence-corrected chi connectivity index (χ1v) is 11.6. The minimum absolute atomic E-state index is 0.0310. The fourth-order valence-electron chi connectivity index (χ4n) is 4.39. The third-order valence-electron chi connectivity index (χ3n) is 6.22. The van der Waals surface area contributed by atoms with Crippen LogP contribution < -0.4 is 14.8 Å². The summed E-state index contributed by atoms with van der Waals surface area (Å²) >= 11 is 6.16. The molecule has 1 amide bonds. The molecule has 1 unspecified atom stereocenters. The lowest BCUT2D eigenvalue weighted by Gasteiger charge is -2.36. The summed E-state index contributed by atoms with van der Waals surface area (Å²) in [6.07, 6.45) is 1.28. The van der Waals surface area contributed by atoms with Crippen LogP contribution in [0.3, 0.4) is 0 Å². The van der Waals surface area contributed by atoms with E-state index in [9.17, 15) is 9.90 Å². The highest BCUT2D eigenvalue weighted by molar-refractivity contribution is 6.30. The number of amides is 1. The topological polar surface area (TPSA) is 71.0 Å². The molecule has 0 aliphatic carbocycles. The van der Waals surface area contributed by atoms with Gasteiger partial charge in [0.25, 0.3) is 0 Å². The summed E-state index contributed by atoms with van der Waals surface area (Å²) in [6.45, 7) is 1.55. The molecular formula is C27H29ClN2O4. The largest absolute Gasteiger partial charge is 0.508 e. The number of hydrogen-bond donors (Lipinski definition) is 2. The quantitative estimate of drug-likeness (QED) is 0.501. The van der Waals surface area contributed by atoms with Gasteiger partial charge in [-0.2, -0.15) is 0 Å². The molecule has 0 spiro atoms. The molecule has 34 heavy (non-hydrogen) atoms. The van der Waals surface area contributed by atoms with Crippen LogP contribution in [-0.2, 0) is 30.7 Å². The molecule has 1 aliphatic heterocycles. The van der Waals surface area contributed by atoms with E-state index in [1.54, 1.807) is 32.4 Å². The lowest BCUT2D eigenvalue weighted by atomic mass is 9.93. The monoisotopic (exact) mass is 480 g/mol. The zero-order chi connectivity index (χ0) is 24.1. The number of rotatable bonds is 8. The van der Waals surface area contributed by atoms with Gasteiger partial charge in [-0.15, -0.1) is 0 Å². The molecule has 0 saturated heterocycles. The molecule has 0 saturated carbocycles. The molecule has 0 bridgehead atoms. The third-order valence-corrected chi connectivity index (χ3v) is 6.46. The van der Waals surface area contributed by atoms with Crippen LogP contribution in [0.15, 0.2) is 60.7 Å². The van der Waals surface area contributed by atoms with Crippen LogP contribution in [0.1, 0.15) is 22.3 Å². The summed E-state index contributed by atoms with van der Waals surface area (Å²) in [5.74, 6) is 1.49. The van der Waals surface area contributed by atoms with Crippen LogP contribution in [0.2, 0.25) is 5.02 Å². The number of phenolic OH excluding ortho intramolecular Hbond substituents is 1. The summed E-state index contributed by atoms with van der Waals surface area (Å²) < 4.78 is 10.7. The van der Waals surface area contributed by atoms with Crippen molar-refractivity contribution in [3.63, 3.8) is 0 Å². The smallest absolute Gasteiger partial charge is 0.237 e. The van der Waals surface area contributed by atoms with Gasteiger partial charge in [-0.1, -0.05) is 41.9 Å². The van der Waals surface area contributed by atoms with Crippen molar-refractivity contribution in [2.45, 2.75) is 32.0 Å². The lowest BCUT2D eigenvalue weighted by Crippen LogP contribution is -2.50. The lowest BCUT2D eigenvalue weighted by molar-refractivity contribution is -0.127. The summed E-state index contributed by atoms with van der Waals surface area (Å²) in [7, 11) is 3.21. The Bertz CT molecular complexity index is 1170. The Kier molecular flexibility index (Phi) is 7.60. The molecule has 0 aromatic heterocycles. The van der Waals surface area contributed by atoms with E-state index in [4.69, 9.17) is 21.1 Å². The van der Waals surface area contributed by atoms with Crippen molar-refractivity contribution >= 4 is 17.5 Å². The van der Waals surface area contributed by atoms with Gasteiger partial charge in [-0.25, -0.2) is 0 Å². The van der Waals surface area contributed by atoms with Crippen LogP contribution >= 0.6 is 11.6 Å². The summed E-state index contributed by atoms with van der Waals surface area (Å²) in [5, 5.41) is 14.0. The number of nitrogens with zero attached hydrogens (tertiary/aromatic N) is 1. The van der Waals surface area contributed by atoms with E-state index in [0.29, 0.717) is 54.6 Å². The number of fused-ring (bicyclic) bond motifs is 1. The molecule has 178 valence electrons. The van der Waals surface area contributed by atoms with Crippen molar-refractivity contribution in [3.05, 3.63) is 87.9 Å². The highest BCUT2D eigenvalue weighted by Crippen LogP contribution is 2.30. The van der Waals surface area contributed by atoms with Crippen molar-refractivity contribution < 1.29 is 19.4 Å². The van der Waals surface area contributed by atoms with Crippen LogP contribution in [0, 0.1) is 0 Å². The Morgan fingerprint density at radius 2 is 1.82 bits per heavy atom. The first kappa shape index (κ1) is 23.9. The van der Waals surface area contributed by atoms with E-state index in [0.717, 1.165) is 5.56 Å². The fourth-order valence-corrected chi connectivity index (χ4v) is 4.58. The third kappa shape index (κ3) is 5.46. The molecule has 0 fully saturated rings. The van der Waals surface area contributed by atoms with Gasteiger partial charge in [0.2, 0.25) is 5.91 Å². The standard InChI is InChI=1S/C27H29ClN2O4/c1-33-25-10-7-18(13-26(25)34-2)11-12-29-27(32)23-15-19-5-3-4-6-20(19)16-30(23)17-21-14-22(28)8-9-24(21)31/h3-10,13-14,23,31H,11-12,15-17H2,1-2H3,(H,29,32). The second kappa shape index (κ2) is 10.8. The fraction of sp³-hybridized carbons (Fsp3) is 0.296. The van der Waals surface area contributed by atoms with Gasteiger partial charge in [0.1, 0.15) is 5.75 Å². The molecule has 1 aliphatic rings. The molecule has 4 rings (SSSR count). The molecule has 1 heterocycles. The Morgan fingerprint density at radius 3 is 2.59 bits per heavy atom. The number of carbonyl (C=O) groups excluding carboxylic acids is 1. The van der Waals surface area contributed by atoms with E-state index >= 15 is 0 Å². The molecule has 2 N–H and O–H groups in total. The Morgan fingerprint density at radius 1 is 1.06 bits per heavy atom. The number of carbonyl (C=O) groups is 1. The number of phenols is 1. The van der Waals surface area contributed by atoms with Crippen molar-refractivity contribution in [2.24, 2.45) is 0 Å². The average Bonchev–Trinajstić information content (AvgIpc) is 2.85. The molecular weight excluding hydrogens is 452 g/mol. The molecule has 3 aromatic rings. The molecule has 0 radical (unpaired) electrons. The second-order valence-electron chi connectivity index (χ2n) is 8.40. The summed E-state index contributed by atoms with van der Waals surface area (Å²) in [5.41, 5.74) is 4.12. The zero-order valence-corrected chi connectivity index (χ0v) is 20.1. The first-order chi connectivity index (χ1) is 16.5. The van der Waals surface area contributed by atoms with Gasteiger partial charge in [-0.05, 0) is 59.9 Å². The molecule has 3 aromatic carbocycles. The van der Waals surface area contributed by atoms with Crippen LogP contribution in [-0.4, -0.2) is 42.7 Å². The number of methoxy groups -OCH3 is 2. The normalized spacial score (nSPS) is 15.4. The van der Waals surface area contributed by atoms with Crippen LogP contribution in [0.5, 0.6) is 17.2 Å². The average molecular weight is 481 g/mol. The maximum Gasteiger partial charge on any atom is 0.237 e. The number of hydrogen-bond acceptors (Lipinski definition) is 5. The number of nitrogens with one attached hydrogen (secondary N) is 1. The highest BCUT2D eigenvalue weighted by Gasteiger charge is 2.31. The van der Waals surface area contributed by atoms with Crippen molar-refractivity contribution in [3.8, 4) is 17.2 Å². The van der Waals surface area contributed by atoms with Crippen molar-refractivity contribution in [1.82, 2.24) is 10.2 Å². The Hall–Kier alpha value is -3.22. The van der Waals surface area contributed by atoms with Gasteiger partial charge >= 0.3 is 0 Å². The Labute approximate surface area is 205 Å². The minimum Gasteiger partial charge on any atom is -0.508 e. The predicted molar refractivity (Wildman–Crippen MR) is 133 cm³/mol. The summed E-state index contributed by atoms with van der Waals surface area (Å²) in [4.78, 5) is 15.4. The maximum atomic E-state index is 13.3. The summed E-state index contributed by atoms with van der Waals surface area (Å²) in [6, 6.07) is 18.6. The van der Waals surface area contributed by atoms with Crippen LogP contribution in [0.25, 0.3) is 0 Å². The zero-order valence-electron chi connectivity index (χ0n) is 19.4. The van der Waals surface area contributed by atoms with Gasteiger partial charge in [-0.3, -0.25) is 9.69 Å². The Balaban J connectivity index is 1.47. The van der Waals surface area contributed by atoms with E-state index < -0.39 is 0 Å². The van der Waals surface area contributed by atoms with Gasteiger partial charge in [0.05, 0.1) is 20.3 Å². The molecule has 6 nitrogen and oxygen atoms in total. The second-order valence-corrected chi connectivity index (χ2v) is 8.83. The van der Waals surface area contributed by atoms with Gasteiger partial charge < -0.3 is 19.9 Å². The maximum absolute atomic E-state index is 13.3. The van der Waals surface area contributed by atoms with Crippen molar-refractivity contribution in [2.75, 3.05) is 20.8 Å². The molecule has 1 atom stereocenters. The number of aromatic hydroxyl groups is 1. The first-order valence-electron chi connectivity index (χ1n) is 11.3.